The third kappa shape index (κ3) is 4.72. The molecule has 5 heteroatoms. The van der Waals surface area contributed by atoms with Crippen molar-refractivity contribution >= 4 is 5.91 Å². The minimum atomic E-state index is -0.152. The Morgan fingerprint density at radius 1 is 1.30 bits per heavy atom. The molecule has 1 heterocycles. The van der Waals surface area contributed by atoms with E-state index in [4.69, 9.17) is 4.74 Å². The second kappa shape index (κ2) is 7.96. The molecule has 0 spiro atoms. The molecule has 1 N–H and O–H groups in total. The maximum atomic E-state index is 12.1. The van der Waals surface area contributed by atoms with Crippen LogP contribution in [-0.4, -0.2) is 73.4 Å². The Balaban J connectivity index is 1.66. The largest absolute Gasteiger partial charge is 0.393 e. The highest BCUT2D eigenvalue weighted by Crippen LogP contribution is 2.24. The fourth-order valence-corrected chi connectivity index (χ4v) is 3.15. The van der Waals surface area contributed by atoms with Gasteiger partial charge >= 0.3 is 0 Å². The maximum Gasteiger partial charge on any atom is 0.224 e. The lowest BCUT2D eigenvalue weighted by Gasteiger charge is -2.32. The first-order valence-electron chi connectivity index (χ1n) is 7.89. The van der Waals surface area contributed by atoms with E-state index in [1.165, 1.54) is 6.42 Å². The summed E-state index contributed by atoms with van der Waals surface area (Å²) in [5, 5.41) is 9.98. The summed E-state index contributed by atoms with van der Waals surface area (Å²) < 4.78 is 5.26. The second-order valence-corrected chi connectivity index (χ2v) is 6.12. The molecule has 1 saturated heterocycles. The fourth-order valence-electron chi connectivity index (χ4n) is 3.15. The van der Waals surface area contributed by atoms with Gasteiger partial charge in [-0.05, 0) is 25.8 Å². The zero-order valence-electron chi connectivity index (χ0n) is 12.6. The second-order valence-electron chi connectivity index (χ2n) is 6.12. The van der Waals surface area contributed by atoms with Crippen LogP contribution >= 0.6 is 0 Å². The zero-order chi connectivity index (χ0) is 14.4. The summed E-state index contributed by atoms with van der Waals surface area (Å²) in [7, 11) is 2.05. The normalized spacial score (nSPS) is 27.9. The Hall–Kier alpha value is -0.650. The van der Waals surface area contributed by atoms with Crippen molar-refractivity contribution in [1.29, 1.82) is 0 Å². The highest BCUT2D eigenvalue weighted by molar-refractivity contribution is 5.76. The van der Waals surface area contributed by atoms with Crippen molar-refractivity contribution < 1.29 is 14.6 Å². The molecule has 0 aromatic carbocycles. The van der Waals surface area contributed by atoms with Crippen molar-refractivity contribution in [3.05, 3.63) is 0 Å². The zero-order valence-corrected chi connectivity index (χ0v) is 12.6. The Bertz CT molecular complexity index is 305. The predicted molar refractivity (Wildman–Crippen MR) is 77.5 cm³/mol. The highest BCUT2D eigenvalue weighted by Gasteiger charge is 2.24. The van der Waals surface area contributed by atoms with Gasteiger partial charge in [0.2, 0.25) is 5.91 Å². The monoisotopic (exact) mass is 284 g/mol. The van der Waals surface area contributed by atoms with E-state index in [0.717, 1.165) is 45.4 Å². The van der Waals surface area contributed by atoms with Gasteiger partial charge in [0.15, 0.2) is 0 Å². The van der Waals surface area contributed by atoms with Crippen LogP contribution in [0.2, 0.25) is 0 Å². The van der Waals surface area contributed by atoms with Crippen LogP contribution in [0.15, 0.2) is 0 Å². The summed E-state index contributed by atoms with van der Waals surface area (Å²) in [6.45, 7) is 4.45. The van der Waals surface area contributed by atoms with Crippen molar-refractivity contribution in [3.63, 3.8) is 0 Å². The number of rotatable bonds is 5. The molecule has 2 atom stereocenters. The number of nitrogens with zero attached hydrogens (tertiary/aromatic N) is 2. The number of morpholine rings is 1. The third-order valence-electron chi connectivity index (χ3n) is 4.49. The molecule has 0 bridgehead atoms. The van der Waals surface area contributed by atoms with Crippen LogP contribution in [0.4, 0.5) is 0 Å². The molecule has 0 aromatic rings. The molecule has 1 saturated carbocycles. The van der Waals surface area contributed by atoms with Gasteiger partial charge in [0.1, 0.15) is 0 Å². The summed E-state index contributed by atoms with van der Waals surface area (Å²) in [4.78, 5) is 16.1. The van der Waals surface area contributed by atoms with E-state index in [-0.39, 0.29) is 12.0 Å². The molecule has 116 valence electrons. The average Bonchev–Trinajstić information content (AvgIpc) is 2.48. The molecule has 2 fully saturated rings. The first-order chi connectivity index (χ1) is 9.66. The summed E-state index contributed by atoms with van der Waals surface area (Å²) >= 11 is 0. The van der Waals surface area contributed by atoms with Crippen LogP contribution in [0, 0.1) is 5.92 Å². The number of amides is 1. The van der Waals surface area contributed by atoms with Crippen molar-refractivity contribution in [2.24, 2.45) is 5.92 Å². The molecule has 2 rings (SSSR count). The minimum absolute atomic E-state index is 0.152. The summed E-state index contributed by atoms with van der Waals surface area (Å²) in [5.74, 6) is 0.608. The quantitative estimate of drug-likeness (QED) is 0.808. The maximum absolute atomic E-state index is 12.1. The molecule has 1 aliphatic heterocycles. The summed E-state index contributed by atoms with van der Waals surface area (Å²) in [6.07, 6.45) is 4.84. The summed E-state index contributed by atoms with van der Waals surface area (Å²) in [5.41, 5.74) is 0. The number of ether oxygens (including phenoxy) is 1. The van der Waals surface area contributed by atoms with E-state index < -0.39 is 0 Å². The van der Waals surface area contributed by atoms with E-state index in [1.54, 1.807) is 0 Å². The Labute approximate surface area is 121 Å². The number of aliphatic hydroxyl groups excluding tert-OH is 1. The number of aliphatic hydroxyl groups is 1. The first kappa shape index (κ1) is 15.7. The molecule has 2 unspecified atom stereocenters. The summed E-state index contributed by atoms with van der Waals surface area (Å²) in [6, 6.07) is 0. The topological polar surface area (TPSA) is 53.0 Å². The molecular weight excluding hydrogens is 256 g/mol. The van der Waals surface area contributed by atoms with Crippen LogP contribution in [0.5, 0.6) is 0 Å². The number of hydrogen-bond acceptors (Lipinski definition) is 4. The van der Waals surface area contributed by atoms with Crippen molar-refractivity contribution in [1.82, 2.24) is 9.80 Å². The lowest BCUT2D eigenvalue weighted by Crippen LogP contribution is -2.42. The van der Waals surface area contributed by atoms with Gasteiger partial charge in [0.05, 0.1) is 19.3 Å². The molecule has 1 amide bonds. The van der Waals surface area contributed by atoms with E-state index in [2.05, 4.69) is 4.90 Å². The van der Waals surface area contributed by atoms with Crippen LogP contribution in [0.25, 0.3) is 0 Å². The van der Waals surface area contributed by atoms with Gasteiger partial charge in [0.25, 0.3) is 0 Å². The highest BCUT2D eigenvalue weighted by atomic mass is 16.5. The standard InChI is InChI=1S/C15H28N2O3/c1-16(12-13-4-2-3-5-14(13)18)7-6-15(19)17-8-10-20-11-9-17/h13-14,18H,2-12H2,1H3. The van der Waals surface area contributed by atoms with Crippen molar-refractivity contribution in [2.75, 3.05) is 46.4 Å². The van der Waals surface area contributed by atoms with Gasteiger partial charge in [0, 0.05) is 32.6 Å². The van der Waals surface area contributed by atoms with E-state index >= 15 is 0 Å². The Morgan fingerprint density at radius 2 is 2.00 bits per heavy atom. The first-order valence-corrected chi connectivity index (χ1v) is 7.89. The molecule has 2 aliphatic rings. The van der Waals surface area contributed by atoms with E-state index in [1.807, 2.05) is 11.9 Å². The molecular formula is C15H28N2O3. The number of carbonyl (C=O) groups excluding carboxylic acids is 1. The smallest absolute Gasteiger partial charge is 0.224 e. The molecule has 5 nitrogen and oxygen atoms in total. The SMILES string of the molecule is CN(CCC(=O)N1CCOCC1)CC1CCCCC1O. The van der Waals surface area contributed by atoms with Gasteiger partial charge in [-0.15, -0.1) is 0 Å². The van der Waals surface area contributed by atoms with Crippen LogP contribution in [-0.2, 0) is 9.53 Å². The molecule has 0 aromatic heterocycles. The lowest BCUT2D eigenvalue weighted by molar-refractivity contribution is -0.135. The van der Waals surface area contributed by atoms with Gasteiger partial charge in [-0.3, -0.25) is 4.79 Å². The van der Waals surface area contributed by atoms with E-state index in [0.29, 0.717) is 25.6 Å². The lowest BCUT2D eigenvalue weighted by atomic mass is 9.86. The van der Waals surface area contributed by atoms with Gasteiger partial charge < -0.3 is 19.6 Å². The number of carbonyl (C=O) groups is 1. The van der Waals surface area contributed by atoms with Gasteiger partial charge in [-0.25, -0.2) is 0 Å². The van der Waals surface area contributed by atoms with Gasteiger partial charge in [-0.2, -0.15) is 0 Å². The number of hydrogen-bond donors (Lipinski definition) is 1. The fraction of sp³-hybridized carbons (Fsp3) is 0.933. The van der Waals surface area contributed by atoms with Crippen LogP contribution in [0.3, 0.4) is 0 Å². The van der Waals surface area contributed by atoms with Crippen LogP contribution < -0.4 is 0 Å². The molecule has 20 heavy (non-hydrogen) atoms. The Kier molecular flexibility index (Phi) is 6.26. The average molecular weight is 284 g/mol. The van der Waals surface area contributed by atoms with Crippen molar-refractivity contribution in [3.8, 4) is 0 Å². The third-order valence-corrected chi connectivity index (χ3v) is 4.49. The van der Waals surface area contributed by atoms with Crippen molar-refractivity contribution in [2.45, 2.75) is 38.2 Å². The van der Waals surface area contributed by atoms with Crippen LogP contribution in [0.1, 0.15) is 32.1 Å². The van der Waals surface area contributed by atoms with Gasteiger partial charge in [-0.1, -0.05) is 12.8 Å². The predicted octanol–water partition coefficient (Wildman–Crippen LogP) is 0.718. The minimum Gasteiger partial charge on any atom is -0.393 e. The molecule has 0 radical (unpaired) electrons. The van der Waals surface area contributed by atoms with E-state index in [9.17, 15) is 9.90 Å². The molecule has 1 aliphatic carbocycles. The Morgan fingerprint density at radius 3 is 2.70 bits per heavy atom.